The number of rotatable bonds is 15. The van der Waals surface area contributed by atoms with E-state index < -0.39 is 0 Å². The third kappa shape index (κ3) is 6.82. The summed E-state index contributed by atoms with van der Waals surface area (Å²) in [5.41, 5.74) is 0. The van der Waals surface area contributed by atoms with Crippen molar-refractivity contribution >= 4 is 21.5 Å². The lowest BCUT2D eigenvalue weighted by molar-refractivity contribution is 0.291. The van der Waals surface area contributed by atoms with E-state index in [1.54, 1.807) is 24.3 Å². The van der Waals surface area contributed by atoms with Gasteiger partial charge in [0.15, 0.2) is 23.1 Å². The quantitative estimate of drug-likeness (QED) is 0.167. The number of hydrogen-bond acceptors (Lipinski definition) is 2. The molecule has 0 aromatic heterocycles. The minimum Gasteiger partial charge on any atom is -0.490 e. The second-order valence-corrected chi connectivity index (χ2v) is 8.89. The molecule has 180 valence electrons. The molecule has 0 atom stereocenters. The van der Waals surface area contributed by atoms with Gasteiger partial charge in [-0.25, -0.2) is 8.78 Å². The summed E-state index contributed by atoms with van der Waals surface area (Å²) in [6.07, 6.45) is 12.8. The highest BCUT2D eigenvalue weighted by Crippen LogP contribution is 2.35. The molecule has 0 aliphatic rings. The average Bonchev–Trinajstić information content (AvgIpc) is 2.83. The van der Waals surface area contributed by atoms with E-state index in [1.807, 2.05) is 12.1 Å². The first-order valence-corrected chi connectivity index (χ1v) is 12.8. The van der Waals surface area contributed by atoms with Crippen LogP contribution in [-0.4, -0.2) is 13.2 Å². The van der Waals surface area contributed by atoms with Gasteiger partial charge in [-0.15, -0.1) is 0 Å². The van der Waals surface area contributed by atoms with Crippen molar-refractivity contribution in [1.29, 1.82) is 0 Å². The monoisotopic (exact) mass is 456 g/mol. The molecule has 0 radical (unpaired) electrons. The second-order valence-electron chi connectivity index (χ2n) is 8.89. The first-order chi connectivity index (χ1) is 16.2. The van der Waals surface area contributed by atoms with Crippen LogP contribution in [0.5, 0.6) is 11.5 Å². The highest BCUT2D eigenvalue weighted by molar-refractivity contribution is 6.08. The number of hydrogen-bond donors (Lipinski definition) is 0. The fourth-order valence-electron chi connectivity index (χ4n) is 4.28. The van der Waals surface area contributed by atoms with E-state index in [0.29, 0.717) is 34.8 Å². The highest BCUT2D eigenvalue weighted by atomic mass is 19.1. The van der Waals surface area contributed by atoms with Crippen LogP contribution in [0.15, 0.2) is 36.4 Å². The molecule has 4 heteroatoms. The fraction of sp³-hybridized carbons (Fsp3) is 0.517. The van der Waals surface area contributed by atoms with Gasteiger partial charge in [0.1, 0.15) is 0 Å². The molecular formula is C29H38F2O2. The molecule has 0 bridgehead atoms. The molecule has 0 aliphatic carbocycles. The van der Waals surface area contributed by atoms with Crippen molar-refractivity contribution in [3.8, 4) is 11.5 Å². The van der Waals surface area contributed by atoms with Gasteiger partial charge in [-0.2, -0.15) is 0 Å². The maximum absolute atomic E-state index is 15.1. The van der Waals surface area contributed by atoms with Crippen molar-refractivity contribution in [1.82, 2.24) is 0 Å². The lowest BCUT2D eigenvalue weighted by atomic mass is 10.0. The van der Waals surface area contributed by atoms with Crippen molar-refractivity contribution in [2.75, 3.05) is 13.2 Å². The van der Waals surface area contributed by atoms with E-state index in [9.17, 15) is 4.39 Å². The number of unbranched alkanes of at least 4 members (excludes halogenated alkanes) is 9. The molecule has 2 nitrogen and oxygen atoms in total. The molecule has 0 N–H and O–H groups in total. The number of halogens is 2. The van der Waals surface area contributed by atoms with Gasteiger partial charge in [-0.3, -0.25) is 0 Å². The van der Waals surface area contributed by atoms with Gasteiger partial charge in [0, 0.05) is 10.8 Å². The summed E-state index contributed by atoms with van der Waals surface area (Å²) in [5.74, 6) is -0.250. The topological polar surface area (TPSA) is 18.5 Å². The van der Waals surface area contributed by atoms with Crippen LogP contribution in [0.1, 0.15) is 84.5 Å². The molecule has 0 unspecified atom stereocenters. The van der Waals surface area contributed by atoms with Crippen molar-refractivity contribution in [3.05, 3.63) is 48.0 Å². The van der Waals surface area contributed by atoms with E-state index in [0.717, 1.165) is 32.1 Å². The van der Waals surface area contributed by atoms with Crippen LogP contribution in [0.3, 0.4) is 0 Å². The molecule has 0 saturated heterocycles. The summed E-state index contributed by atoms with van der Waals surface area (Å²) >= 11 is 0. The van der Waals surface area contributed by atoms with Crippen molar-refractivity contribution < 1.29 is 18.3 Å². The molecule has 0 heterocycles. The summed E-state index contributed by atoms with van der Waals surface area (Å²) in [4.78, 5) is 0. The van der Waals surface area contributed by atoms with Gasteiger partial charge < -0.3 is 9.47 Å². The van der Waals surface area contributed by atoms with Crippen LogP contribution in [-0.2, 0) is 0 Å². The molecule has 33 heavy (non-hydrogen) atoms. The van der Waals surface area contributed by atoms with Crippen LogP contribution < -0.4 is 9.47 Å². The zero-order valence-corrected chi connectivity index (χ0v) is 20.2. The van der Waals surface area contributed by atoms with Crippen LogP contribution in [0.25, 0.3) is 21.5 Å². The molecule has 0 aliphatic heterocycles. The van der Waals surface area contributed by atoms with Gasteiger partial charge in [0.05, 0.1) is 13.2 Å². The molecule has 0 spiro atoms. The van der Waals surface area contributed by atoms with Gasteiger partial charge >= 0.3 is 0 Å². The standard InChI is InChI=1S/C29H38F2O2/c1-3-5-7-8-9-10-11-13-21-33-27-19-17-23-22-16-18-26(32-20-12-6-4-2)28(30)24(22)14-15-25(23)29(27)31/h14-19H,3-13,20-21H2,1-2H3. The lowest BCUT2D eigenvalue weighted by Gasteiger charge is -2.13. The van der Waals surface area contributed by atoms with E-state index in [4.69, 9.17) is 9.47 Å². The Morgan fingerprint density at radius 3 is 1.33 bits per heavy atom. The molecule has 0 saturated carbocycles. The van der Waals surface area contributed by atoms with Crippen LogP contribution in [0, 0.1) is 11.6 Å². The summed E-state index contributed by atoms with van der Waals surface area (Å²) in [7, 11) is 0. The Morgan fingerprint density at radius 1 is 0.485 bits per heavy atom. The summed E-state index contributed by atoms with van der Waals surface area (Å²) in [6, 6.07) is 10.2. The van der Waals surface area contributed by atoms with E-state index in [-0.39, 0.29) is 23.1 Å². The van der Waals surface area contributed by atoms with Gasteiger partial charge in [0.25, 0.3) is 0 Å². The summed E-state index contributed by atoms with van der Waals surface area (Å²) in [6.45, 7) is 5.36. The predicted octanol–water partition coefficient (Wildman–Crippen LogP) is 9.36. The highest BCUT2D eigenvalue weighted by Gasteiger charge is 2.15. The summed E-state index contributed by atoms with van der Waals surface area (Å²) in [5, 5.41) is 2.26. The van der Waals surface area contributed by atoms with E-state index in [1.165, 1.54) is 38.5 Å². The zero-order valence-electron chi connectivity index (χ0n) is 20.2. The number of fused-ring (bicyclic) bond motifs is 3. The third-order valence-electron chi connectivity index (χ3n) is 6.26. The first-order valence-electron chi connectivity index (χ1n) is 12.8. The molecule has 3 aromatic rings. The van der Waals surface area contributed by atoms with E-state index >= 15 is 4.39 Å². The van der Waals surface area contributed by atoms with Crippen molar-refractivity contribution in [3.63, 3.8) is 0 Å². The Balaban J connectivity index is 1.62. The Morgan fingerprint density at radius 2 is 0.848 bits per heavy atom. The maximum Gasteiger partial charge on any atom is 0.172 e. The smallest absolute Gasteiger partial charge is 0.172 e. The van der Waals surface area contributed by atoms with Crippen molar-refractivity contribution in [2.45, 2.75) is 84.5 Å². The first kappa shape index (κ1) is 25.3. The SMILES string of the molecule is CCCCCCCCCCOc1ccc2c(ccc3c(F)c(OCCCCC)ccc32)c1F. The average molecular weight is 457 g/mol. The molecule has 3 rings (SSSR count). The molecule has 3 aromatic carbocycles. The Labute approximate surface area is 197 Å². The zero-order chi connectivity index (χ0) is 23.5. The second kappa shape index (κ2) is 13.4. The van der Waals surface area contributed by atoms with Gasteiger partial charge in [0.2, 0.25) is 0 Å². The normalized spacial score (nSPS) is 11.4. The van der Waals surface area contributed by atoms with Gasteiger partial charge in [-0.1, -0.05) is 83.8 Å². The van der Waals surface area contributed by atoms with Crippen molar-refractivity contribution in [2.24, 2.45) is 0 Å². The van der Waals surface area contributed by atoms with E-state index in [2.05, 4.69) is 13.8 Å². The molecule has 0 fully saturated rings. The summed E-state index contributed by atoms with van der Waals surface area (Å²) < 4.78 is 41.5. The number of benzene rings is 3. The van der Waals surface area contributed by atoms with Gasteiger partial charge in [-0.05, 0) is 47.9 Å². The minimum atomic E-state index is -0.388. The van der Waals surface area contributed by atoms with Crippen LogP contribution in [0.2, 0.25) is 0 Å². The third-order valence-corrected chi connectivity index (χ3v) is 6.26. The Kier molecular flexibility index (Phi) is 10.2. The molecule has 0 amide bonds. The lowest BCUT2D eigenvalue weighted by Crippen LogP contribution is -2.01. The predicted molar refractivity (Wildman–Crippen MR) is 134 cm³/mol. The van der Waals surface area contributed by atoms with Crippen LogP contribution >= 0.6 is 0 Å². The number of ether oxygens (including phenoxy) is 2. The molecular weight excluding hydrogens is 418 g/mol. The largest absolute Gasteiger partial charge is 0.490 e. The Bertz CT molecular complexity index is 1020. The Hall–Kier alpha value is -2.36. The van der Waals surface area contributed by atoms with Crippen LogP contribution in [0.4, 0.5) is 8.78 Å². The fourth-order valence-corrected chi connectivity index (χ4v) is 4.28. The maximum atomic E-state index is 15.1. The minimum absolute atomic E-state index is 0.253.